The fourth-order valence-electron chi connectivity index (χ4n) is 2.73. The van der Waals surface area contributed by atoms with Crippen molar-refractivity contribution in [2.45, 2.75) is 25.9 Å². The lowest BCUT2D eigenvalue weighted by atomic mass is 9.99. The van der Waals surface area contributed by atoms with E-state index in [1.54, 1.807) is 0 Å². The van der Waals surface area contributed by atoms with Crippen molar-refractivity contribution >= 4 is 5.82 Å². The Morgan fingerprint density at radius 3 is 2.54 bits per heavy atom. The van der Waals surface area contributed by atoms with Gasteiger partial charge in [0.1, 0.15) is 6.07 Å². The number of rotatable bonds is 2. The van der Waals surface area contributed by atoms with Crippen LogP contribution < -0.4 is 4.90 Å². The Morgan fingerprint density at radius 1 is 1.21 bits per heavy atom. The summed E-state index contributed by atoms with van der Waals surface area (Å²) in [6, 6.07) is 6.73. The van der Waals surface area contributed by atoms with E-state index >= 15 is 0 Å². The van der Waals surface area contributed by atoms with Crippen molar-refractivity contribution < 1.29 is 13.2 Å². The third-order valence-corrected chi connectivity index (χ3v) is 4.19. The number of alkyl halides is 3. The van der Waals surface area contributed by atoms with E-state index in [-0.39, 0.29) is 11.4 Å². The topological polar surface area (TPSA) is 57.7 Å². The lowest BCUT2D eigenvalue weighted by molar-refractivity contribution is -0.137. The summed E-state index contributed by atoms with van der Waals surface area (Å²) in [4.78, 5) is 3.07. The zero-order valence-corrected chi connectivity index (χ0v) is 13.1. The average molecular weight is 335 g/mol. The predicted octanol–water partition coefficient (Wildman–Crippen LogP) is 3.39. The van der Waals surface area contributed by atoms with Gasteiger partial charge in [0.15, 0.2) is 5.82 Å². The van der Waals surface area contributed by atoms with Gasteiger partial charge in [0.25, 0.3) is 0 Å². The Hall–Kier alpha value is -2.56. The maximum atomic E-state index is 12.9. The lowest BCUT2D eigenvalue weighted by Gasteiger charge is -2.30. The van der Waals surface area contributed by atoms with Crippen LogP contribution in [0.25, 0.3) is 5.69 Å². The van der Waals surface area contributed by atoms with E-state index in [1.165, 1.54) is 12.1 Å². The van der Waals surface area contributed by atoms with Crippen molar-refractivity contribution in [3.63, 3.8) is 0 Å². The van der Waals surface area contributed by atoms with Crippen molar-refractivity contribution in [2.75, 3.05) is 18.0 Å². The van der Waals surface area contributed by atoms with Crippen LogP contribution in [0.1, 0.15) is 31.0 Å². The number of benzene rings is 1. The molecule has 0 saturated carbocycles. The Kier molecular flexibility index (Phi) is 4.18. The third-order valence-electron chi connectivity index (χ3n) is 4.19. The number of aromatic nitrogens is 3. The molecule has 24 heavy (non-hydrogen) atoms. The molecule has 1 fully saturated rings. The summed E-state index contributed by atoms with van der Waals surface area (Å²) in [5, 5.41) is 17.6. The Bertz CT molecular complexity index is 767. The maximum Gasteiger partial charge on any atom is 0.416 e. The third kappa shape index (κ3) is 3.20. The molecule has 1 aliphatic heterocycles. The highest BCUT2D eigenvalue weighted by Gasteiger charge is 2.31. The molecular formula is C16H16F3N5. The SMILES string of the molecule is CC1CCN(c2nn(-c3cccc(C(F)(F)F)c3)nc2C#N)CC1. The van der Waals surface area contributed by atoms with Crippen LogP contribution in [-0.2, 0) is 6.18 Å². The molecule has 2 heterocycles. The van der Waals surface area contributed by atoms with Gasteiger partial charge in [0, 0.05) is 13.1 Å². The standard InChI is InChI=1S/C16H16F3N5/c1-11-5-7-23(8-6-11)15-14(10-20)21-24(22-15)13-4-2-3-12(9-13)16(17,18)19/h2-4,9,11H,5-8H2,1H3. The lowest BCUT2D eigenvalue weighted by Crippen LogP contribution is -2.33. The number of nitrogens with zero attached hydrogens (tertiary/aromatic N) is 5. The fraction of sp³-hybridized carbons (Fsp3) is 0.438. The zero-order valence-electron chi connectivity index (χ0n) is 13.1. The number of halogens is 3. The molecule has 8 heteroatoms. The molecule has 5 nitrogen and oxygen atoms in total. The molecule has 1 aliphatic rings. The number of hydrogen-bond donors (Lipinski definition) is 0. The molecule has 1 aromatic carbocycles. The van der Waals surface area contributed by atoms with E-state index in [0.717, 1.165) is 42.9 Å². The summed E-state index contributed by atoms with van der Waals surface area (Å²) in [6.07, 6.45) is -2.46. The van der Waals surface area contributed by atoms with Gasteiger partial charge in [-0.3, -0.25) is 0 Å². The normalized spacial score (nSPS) is 16.2. The van der Waals surface area contributed by atoms with Gasteiger partial charge in [0.2, 0.25) is 5.69 Å². The van der Waals surface area contributed by atoms with E-state index < -0.39 is 11.7 Å². The van der Waals surface area contributed by atoms with E-state index in [1.807, 2.05) is 11.0 Å². The Balaban J connectivity index is 1.95. The van der Waals surface area contributed by atoms with Gasteiger partial charge in [-0.1, -0.05) is 13.0 Å². The average Bonchev–Trinajstić information content (AvgIpc) is 2.99. The van der Waals surface area contributed by atoms with Crippen LogP contribution >= 0.6 is 0 Å². The quantitative estimate of drug-likeness (QED) is 0.844. The first-order valence-corrected chi connectivity index (χ1v) is 7.68. The second-order valence-electron chi connectivity index (χ2n) is 5.99. The summed E-state index contributed by atoms with van der Waals surface area (Å²) in [7, 11) is 0. The van der Waals surface area contributed by atoms with Gasteiger partial charge >= 0.3 is 6.18 Å². The highest BCUT2D eigenvalue weighted by molar-refractivity contribution is 5.50. The van der Waals surface area contributed by atoms with Crippen molar-refractivity contribution in [1.82, 2.24) is 15.0 Å². The van der Waals surface area contributed by atoms with Gasteiger partial charge in [-0.15, -0.1) is 15.0 Å². The predicted molar refractivity (Wildman–Crippen MR) is 81.7 cm³/mol. The maximum absolute atomic E-state index is 12.9. The minimum Gasteiger partial charge on any atom is -0.353 e. The highest BCUT2D eigenvalue weighted by atomic mass is 19.4. The molecule has 0 aliphatic carbocycles. The first-order chi connectivity index (χ1) is 11.4. The van der Waals surface area contributed by atoms with Crippen LogP contribution in [0.4, 0.5) is 19.0 Å². The van der Waals surface area contributed by atoms with E-state index in [9.17, 15) is 18.4 Å². The summed E-state index contributed by atoms with van der Waals surface area (Å²) in [5.41, 5.74) is -0.468. The minimum atomic E-state index is -4.44. The van der Waals surface area contributed by atoms with Crippen LogP contribution in [0.15, 0.2) is 24.3 Å². The molecule has 0 amide bonds. The van der Waals surface area contributed by atoms with Gasteiger partial charge in [-0.2, -0.15) is 18.4 Å². The second-order valence-corrected chi connectivity index (χ2v) is 5.99. The molecule has 3 rings (SSSR count). The summed E-state index contributed by atoms with van der Waals surface area (Å²) in [6.45, 7) is 3.69. The first kappa shape index (κ1) is 16.3. The van der Waals surface area contributed by atoms with E-state index in [4.69, 9.17) is 0 Å². The van der Waals surface area contributed by atoms with Gasteiger partial charge in [0.05, 0.1) is 11.3 Å². The van der Waals surface area contributed by atoms with E-state index in [0.29, 0.717) is 11.7 Å². The van der Waals surface area contributed by atoms with Gasteiger partial charge in [-0.05, 0) is 37.0 Å². The van der Waals surface area contributed by atoms with Crippen molar-refractivity contribution in [3.05, 3.63) is 35.5 Å². The number of piperidine rings is 1. The summed E-state index contributed by atoms with van der Waals surface area (Å²) >= 11 is 0. The van der Waals surface area contributed by atoms with Crippen LogP contribution in [0.2, 0.25) is 0 Å². The largest absolute Gasteiger partial charge is 0.416 e. The Morgan fingerprint density at radius 2 is 1.92 bits per heavy atom. The van der Waals surface area contributed by atoms with Crippen molar-refractivity contribution in [1.29, 1.82) is 5.26 Å². The molecule has 0 spiro atoms. The van der Waals surface area contributed by atoms with Crippen LogP contribution in [0.3, 0.4) is 0 Å². The molecule has 2 aromatic rings. The molecule has 1 aromatic heterocycles. The van der Waals surface area contributed by atoms with Crippen molar-refractivity contribution in [2.24, 2.45) is 5.92 Å². The van der Waals surface area contributed by atoms with Crippen LogP contribution in [-0.4, -0.2) is 28.1 Å². The molecule has 126 valence electrons. The molecule has 0 radical (unpaired) electrons. The second kappa shape index (κ2) is 6.15. The molecular weight excluding hydrogens is 319 g/mol. The molecule has 0 atom stereocenters. The fourth-order valence-corrected chi connectivity index (χ4v) is 2.73. The number of nitriles is 1. The monoisotopic (exact) mass is 335 g/mol. The highest BCUT2D eigenvalue weighted by Crippen LogP contribution is 2.30. The Labute approximate surface area is 137 Å². The van der Waals surface area contributed by atoms with E-state index in [2.05, 4.69) is 17.1 Å². The molecule has 0 N–H and O–H groups in total. The van der Waals surface area contributed by atoms with Crippen molar-refractivity contribution in [3.8, 4) is 11.8 Å². The summed E-state index contributed by atoms with van der Waals surface area (Å²) in [5.74, 6) is 1.05. The van der Waals surface area contributed by atoms with Gasteiger partial charge < -0.3 is 4.90 Å². The first-order valence-electron chi connectivity index (χ1n) is 7.68. The van der Waals surface area contributed by atoms with Crippen LogP contribution in [0, 0.1) is 17.2 Å². The minimum absolute atomic E-state index is 0.127. The molecule has 0 unspecified atom stereocenters. The van der Waals surface area contributed by atoms with Crippen LogP contribution in [0.5, 0.6) is 0 Å². The number of hydrogen-bond acceptors (Lipinski definition) is 4. The molecule has 0 bridgehead atoms. The van der Waals surface area contributed by atoms with Gasteiger partial charge in [-0.25, -0.2) is 0 Å². The zero-order chi connectivity index (χ0) is 17.3. The smallest absolute Gasteiger partial charge is 0.353 e. The summed E-state index contributed by atoms with van der Waals surface area (Å²) < 4.78 is 38.6. The number of anilines is 1. The molecule has 1 saturated heterocycles.